The van der Waals surface area contributed by atoms with Gasteiger partial charge in [-0.3, -0.25) is 14.5 Å². The van der Waals surface area contributed by atoms with Crippen molar-refractivity contribution < 1.29 is 28.9 Å². The van der Waals surface area contributed by atoms with E-state index in [2.05, 4.69) is 4.90 Å². The van der Waals surface area contributed by atoms with Crippen LogP contribution in [0.2, 0.25) is 0 Å². The van der Waals surface area contributed by atoms with Gasteiger partial charge in [-0.25, -0.2) is 0 Å². The smallest absolute Gasteiger partial charge is 0.295 e. The number of methoxy groups -OCH3 is 1. The van der Waals surface area contributed by atoms with E-state index in [1.165, 1.54) is 0 Å². The van der Waals surface area contributed by atoms with Gasteiger partial charge in [-0.15, -0.1) is 0 Å². The molecule has 2 saturated heterocycles. The van der Waals surface area contributed by atoms with Crippen LogP contribution >= 0.6 is 0 Å². The van der Waals surface area contributed by atoms with E-state index in [0.29, 0.717) is 49.8 Å². The Morgan fingerprint density at radius 2 is 1.81 bits per heavy atom. The quantitative estimate of drug-likeness (QED) is 0.307. The van der Waals surface area contributed by atoms with Crippen LogP contribution in [0.15, 0.2) is 54.1 Å². The van der Waals surface area contributed by atoms with E-state index >= 15 is 0 Å². The maximum atomic E-state index is 13.3. The molecule has 2 aliphatic rings. The summed E-state index contributed by atoms with van der Waals surface area (Å²) in [4.78, 5) is 30.4. The fraction of sp³-hybridized carbons (Fsp3) is 0.429. The minimum atomic E-state index is -0.707. The number of ether oxygens (including phenoxy) is 3. The number of Topliss-reactive ketones (excluding diaryl/α,β-unsaturated/α-hetero) is 1. The molecule has 8 heteroatoms. The highest BCUT2D eigenvalue weighted by Gasteiger charge is 2.46. The molecule has 0 bridgehead atoms. The van der Waals surface area contributed by atoms with Gasteiger partial charge in [-0.1, -0.05) is 19.1 Å². The lowest BCUT2D eigenvalue weighted by Gasteiger charge is -2.29. The Morgan fingerprint density at radius 3 is 2.50 bits per heavy atom. The first-order valence-corrected chi connectivity index (χ1v) is 12.5. The largest absolute Gasteiger partial charge is 0.507 e. The second-order valence-corrected chi connectivity index (χ2v) is 8.95. The minimum absolute atomic E-state index is 0.0872. The maximum absolute atomic E-state index is 13.3. The highest BCUT2D eigenvalue weighted by atomic mass is 16.5. The van der Waals surface area contributed by atoms with Gasteiger partial charge in [0.25, 0.3) is 11.7 Å². The van der Waals surface area contributed by atoms with Crippen molar-refractivity contribution >= 4 is 17.4 Å². The number of carbonyl (C=O) groups excluding carboxylic acids is 2. The number of benzene rings is 2. The Morgan fingerprint density at radius 1 is 1.06 bits per heavy atom. The average molecular weight is 495 g/mol. The second kappa shape index (κ2) is 12.1. The molecule has 0 unspecified atom stereocenters. The number of amides is 1. The first-order chi connectivity index (χ1) is 17.5. The Balaban J connectivity index is 1.67. The molecule has 0 aliphatic carbocycles. The summed E-state index contributed by atoms with van der Waals surface area (Å²) in [7, 11) is 1.56. The standard InChI is InChI=1S/C28H34N2O6/c1-3-16-36-23-7-4-6-21(19-23)25-24(26(31)20-8-10-22(34-2)11-9-20)27(32)28(33)30(25)13-5-12-29-14-17-35-18-15-29/h4,6-11,19,25,31H,3,5,12-18H2,1-2H3/b26-24+/t25-/m0/s1. The summed E-state index contributed by atoms with van der Waals surface area (Å²) in [6.07, 6.45) is 1.57. The number of hydrogen-bond donors (Lipinski definition) is 1. The summed E-state index contributed by atoms with van der Waals surface area (Å²) in [5, 5.41) is 11.2. The Kier molecular flexibility index (Phi) is 8.61. The lowest BCUT2D eigenvalue weighted by Crippen LogP contribution is -2.38. The van der Waals surface area contributed by atoms with Gasteiger partial charge in [-0.2, -0.15) is 0 Å². The fourth-order valence-corrected chi connectivity index (χ4v) is 4.65. The maximum Gasteiger partial charge on any atom is 0.295 e. The number of aliphatic hydroxyl groups is 1. The van der Waals surface area contributed by atoms with E-state index in [1.807, 2.05) is 31.2 Å². The molecule has 8 nitrogen and oxygen atoms in total. The second-order valence-electron chi connectivity index (χ2n) is 8.95. The van der Waals surface area contributed by atoms with Crippen molar-refractivity contribution in [3.8, 4) is 11.5 Å². The van der Waals surface area contributed by atoms with Crippen LogP contribution in [0.5, 0.6) is 11.5 Å². The SMILES string of the molecule is CCCOc1cccc([C@H]2/C(=C(\O)c3ccc(OC)cc3)C(=O)C(=O)N2CCCN2CCOCC2)c1. The molecular formula is C28H34N2O6. The van der Waals surface area contributed by atoms with Crippen LogP contribution in [-0.2, 0) is 14.3 Å². The molecule has 192 valence electrons. The van der Waals surface area contributed by atoms with Gasteiger partial charge in [-0.05, 0) is 54.8 Å². The van der Waals surface area contributed by atoms with Crippen LogP contribution in [0.1, 0.15) is 36.9 Å². The van der Waals surface area contributed by atoms with Gasteiger partial charge < -0.3 is 24.2 Å². The van der Waals surface area contributed by atoms with Crippen LogP contribution < -0.4 is 9.47 Å². The summed E-state index contributed by atoms with van der Waals surface area (Å²) in [6, 6.07) is 13.5. The van der Waals surface area contributed by atoms with Crippen LogP contribution in [0.25, 0.3) is 5.76 Å². The zero-order valence-corrected chi connectivity index (χ0v) is 20.9. The summed E-state index contributed by atoms with van der Waals surface area (Å²) in [5.74, 6) is -0.182. The molecule has 2 heterocycles. The monoisotopic (exact) mass is 494 g/mol. The van der Waals surface area contributed by atoms with Crippen molar-refractivity contribution in [2.45, 2.75) is 25.8 Å². The van der Waals surface area contributed by atoms with Crippen molar-refractivity contribution in [2.24, 2.45) is 0 Å². The van der Waals surface area contributed by atoms with E-state index in [9.17, 15) is 14.7 Å². The molecular weight excluding hydrogens is 460 g/mol. The van der Waals surface area contributed by atoms with Crippen molar-refractivity contribution in [2.75, 3.05) is 53.1 Å². The molecule has 2 aliphatic heterocycles. The molecule has 2 fully saturated rings. The predicted molar refractivity (Wildman–Crippen MR) is 136 cm³/mol. The average Bonchev–Trinajstić information content (AvgIpc) is 3.17. The van der Waals surface area contributed by atoms with E-state index in [-0.39, 0.29) is 11.3 Å². The molecule has 1 atom stereocenters. The molecule has 2 aromatic rings. The van der Waals surface area contributed by atoms with Crippen molar-refractivity contribution in [1.82, 2.24) is 9.80 Å². The van der Waals surface area contributed by atoms with Crippen molar-refractivity contribution in [1.29, 1.82) is 0 Å². The zero-order valence-electron chi connectivity index (χ0n) is 20.9. The Bertz CT molecular complexity index is 1090. The third kappa shape index (κ3) is 5.71. The van der Waals surface area contributed by atoms with E-state index in [1.54, 1.807) is 36.3 Å². The van der Waals surface area contributed by atoms with E-state index < -0.39 is 17.7 Å². The minimum Gasteiger partial charge on any atom is -0.507 e. The summed E-state index contributed by atoms with van der Waals surface area (Å²) in [5.41, 5.74) is 1.26. The Hall–Kier alpha value is -3.36. The van der Waals surface area contributed by atoms with E-state index in [4.69, 9.17) is 14.2 Å². The lowest BCUT2D eigenvalue weighted by molar-refractivity contribution is -0.140. The molecule has 2 aromatic carbocycles. The first-order valence-electron chi connectivity index (χ1n) is 12.5. The summed E-state index contributed by atoms with van der Waals surface area (Å²) in [6.45, 7) is 6.92. The molecule has 0 spiro atoms. The van der Waals surface area contributed by atoms with Gasteiger partial charge >= 0.3 is 0 Å². The third-order valence-corrected chi connectivity index (χ3v) is 6.53. The number of carbonyl (C=O) groups is 2. The van der Waals surface area contributed by atoms with Crippen molar-refractivity contribution in [3.05, 3.63) is 65.2 Å². The number of nitrogens with zero attached hydrogens (tertiary/aromatic N) is 2. The molecule has 0 aromatic heterocycles. The van der Waals surface area contributed by atoms with E-state index in [0.717, 1.165) is 31.6 Å². The zero-order chi connectivity index (χ0) is 25.5. The number of hydrogen-bond acceptors (Lipinski definition) is 7. The number of morpholine rings is 1. The van der Waals surface area contributed by atoms with Gasteiger partial charge in [0.15, 0.2) is 0 Å². The lowest BCUT2D eigenvalue weighted by atomic mass is 9.95. The van der Waals surface area contributed by atoms with Crippen LogP contribution in [0.3, 0.4) is 0 Å². The molecule has 1 amide bonds. The van der Waals surface area contributed by atoms with Crippen LogP contribution in [-0.4, -0.2) is 79.7 Å². The van der Waals surface area contributed by atoms with Gasteiger partial charge in [0.05, 0.1) is 38.5 Å². The van der Waals surface area contributed by atoms with Gasteiger partial charge in [0, 0.05) is 31.7 Å². The number of likely N-dealkylation sites (tertiary alicyclic amines) is 1. The Labute approximate surface area is 212 Å². The topological polar surface area (TPSA) is 88.5 Å². The fourth-order valence-electron chi connectivity index (χ4n) is 4.65. The van der Waals surface area contributed by atoms with Crippen LogP contribution in [0, 0.1) is 0 Å². The van der Waals surface area contributed by atoms with Gasteiger partial charge in [0.1, 0.15) is 17.3 Å². The van der Waals surface area contributed by atoms with Crippen molar-refractivity contribution in [3.63, 3.8) is 0 Å². The molecule has 1 N–H and O–H groups in total. The number of rotatable bonds is 10. The number of ketones is 1. The normalized spacial score (nSPS) is 20.1. The molecule has 0 radical (unpaired) electrons. The summed E-state index contributed by atoms with van der Waals surface area (Å²) < 4.78 is 16.4. The molecule has 36 heavy (non-hydrogen) atoms. The van der Waals surface area contributed by atoms with Gasteiger partial charge in [0.2, 0.25) is 0 Å². The summed E-state index contributed by atoms with van der Waals surface area (Å²) >= 11 is 0. The molecule has 4 rings (SSSR count). The highest BCUT2D eigenvalue weighted by Crippen LogP contribution is 2.40. The van der Waals surface area contributed by atoms with Crippen LogP contribution in [0.4, 0.5) is 0 Å². The first kappa shape index (κ1) is 25.7. The highest BCUT2D eigenvalue weighted by molar-refractivity contribution is 6.46. The third-order valence-electron chi connectivity index (χ3n) is 6.53. The predicted octanol–water partition coefficient (Wildman–Crippen LogP) is 3.63. The number of aliphatic hydroxyl groups excluding tert-OH is 1. The molecule has 0 saturated carbocycles.